The number of phenols is 1. The molecular weight excluding hydrogens is 945 g/mol. The number of fused-ring (bicyclic) bond motifs is 14. The van der Waals surface area contributed by atoms with E-state index in [4.69, 9.17) is 0 Å². The van der Waals surface area contributed by atoms with Crippen LogP contribution in [0.1, 0.15) is 287 Å². The predicted molar refractivity (Wildman–Crippen MR) is 323 cm³/mol. The van der Waals surface area contributed by atoms with Crippen molar-refractivity contribution in [3.05, 3.63) is 63.8 Å². The molecule has 5 nitrogen and oxygen atoms in total. The van der Waals surface area contributed by atoms with Crippen LogP contribution >= 0.6 is 0 Å². The van der Waals surface area contributed by atoms with Crippen LogP contribution in [0.15, 0.2) is 52.6 Å². The largest absolute Gasteiger partial charge is 0.508 e. The van der Waals surface area contributed by atoms with E-state index in [9.17, 15) is 25.5 Å². The summed E-state index contributed by atoms with van der Waals surface area (Å²) in [5.74, 6) is 7.48. The summed E-state index contributed by atoms with van der Waals surface area (Å²) in [7, 11) is 0. The standard InChI is InChI=1S/C27H46O.C27H44O.C18H24O3.2H2/c2*1-4-5-6-7-8-9-10-20-12-14-24-23-13-11-21-19-22(28)15-17-27(21,3)25(23)16-18-26(20,24)2;1-18-7-6-13-12-5-3-11(19)8-10(12)2-4-14(13)15(18)9-16(20)17(18)21;;/h11,20,22-25,28H,4-10,12-19H2,1-3H3;11,20,22,24,28H,4-10,12-19H2,1-3H3;3,5,8,13-17,19-21H,2,4,6-7,9H2,1H3;2*1H/t20-,22-,23?,24?,25?,26+,27-;20-,22-,24?,26+,27-;13?,14?,15?,16-,17+,18+;;/m001../s1/i;;;2*1+1. The number of allylic oxidation sites excluding steroid dienone is 4. The fourth-order valence-corrected chi connectivity index (χ4v) is 21.6. The first-order chi connectivity index (χ1) is 37.0. The minimum Gasteiger partial charge on any atom is -0.508 e. The van der Waals surface area contributed by atoms with Crippen molar-refractivity contribution in [1.29, 1.82) is 0 Å². The summed E-state index contributed by atoms with van der Waals surface area (Å²) in [6, 6.07) is 5.80. The summed E-state index contributed by atoms with van der Waals surface area (Å²) in [6.45, 7) is 17.2. The van der Waals surface area contributed by atoms with E-state index in [1.54, 1.807) is 17.2 Å². The Morgan fingerprint density at radius 3 is 1.94 bits per heavy atom. The maximum atomic E-state index is 10.4. The molecule has 0 amide bonds. The monoisotopic (exact) mass is 1060 g/mol. The van der Waals surface area contributed by atoms with Crippen LogP contribution in [0.25, 0.3) is 0 Å². The van der Waals surface area contributed by atoms with Crippen LogP contribution in [0.2, 0.25) is 0 Å². The molecule has 5 N–H and O–H groups in total. The lowest BCUT2D eigenvalue weighted by Gasteiger charge is -2.58. The molecule has 77 heavy (non-hydrogen) atoms. The quantitative estimate of drug-likeness (QED) is 0.0944. The molecule has 18 atom stereocenters. The van der Waals surface area contributed by atoms with Crippen molar-refractivity contribution in [1.82, 2.24) is 0 Å². The van der Waals surface area contributed by atoms with Crippen molar-refractivity contribution < 1.29 is 28.4 Å². The van der Waals surface area contributed by atoms with Gasteiger partial charge in [-0.05, 0) is 246 Å². The number of rotatable bonds is 14. The van der Waals surface area contributed by atoms with Gasteiger partial charge in [0.2, 0.25) is 0 Å². The maximum absolute atomic E-state index is 10.4. The third kappa shape index (κ3) is 11.1. The summed E-state index contributed by atoms with van der Waals surface area (Å²) in [5, 5.41) is 50.6. The second-order valence-corrected chi connectivity index (χ2v) is 30.2. The number of phenolic OH excluding ortho intramolecular Hbond substituents is 1. The van der Waals surface area contributed by atoms with E-state index in [-0.39, 0.29) is 25.9 Å². The van der Waals surface area contributed by atoms with Gasteiger partial charge in [0.1, 0.15) is 5.75 Å². The lowest BCUT2D eigenvalue weighted by molar-refractivity contribution is -0.0508. The molecule has 436 valence electrons. The molecule has 1 aromatic carbocycles. The Morgan fingerprint density at radius 1 is 0.558 bits per heavy atom. The second-order valence-electron chi connectivity index (χ2n) is 30.2. The number of aromatic hydroxyl groups is 1. The fourth-order valence-electron chi connectivity index (χ4n) is 21.6. The van der Waals surface area contributed by atoms with Gasteiger partial charge in [-0.2, -0.15) is 0 Å². The Kier molecular flexibility index (Phi) is 18.3. The number of benzene rings is 1. The Labute approximate surface area is 473 Å². The highest BCUT2D eigenvalue weighted by Gasteiger charge is 2.60. The molecule has 5 heteroatoms. The smallest absolute Gasteiger partial charge is 0.115 e. The molecule has 0 spiro atoms. The Hall–Kier alpha value is -1.92. The number of hydrogen-bond acceptors (Lipinski definition) is 5. The van der Waals surface area contributed by atoms with E-state index in [0.717, 1.165) is 93.3 Å². The lowest BCUT2D eigenvalue weighted by atomic mass is 9.47. The second kappa shape index (κ2) is 24.1. The van der Waals surface area contributed by atoms with E-state index >= 15 is 0 Å². The minimum absolute atomic E-state index is 0. The van der Waals surface area contributed by atoms with E-state index in [1.807, 2.05) is 17.2 Å². The lowest BCUT2D eigenvalue weighted by Crippen LogP contribution is -2.50. The molecule has 0 radical (unpaired) electrons. The third-order valence-corrected chi connectivity index (χ3v) is 26.4. The number of aryl methyl sites for hydroxylation is 1. The minimum atomic E-state index is -0.565. The predicted octanol–water partition coefficient (Wildman–Crippen LogP) is 18.5. The number of aliphatic hydroxyl groups is 4. The molecule has 12 rings (SSSR count). The van der Waals surface area contributed by atoms with E-state index in [1.165, 1.54) is 178 Å². The van der Waals surface area contributed by atoms with Crippen LogP contribution in [-0.2, 0) is 6.42 Å². The van der Waals surface area contributed by atoms with Crippen LogP contribution in [-0.4, -0.2) is 49.9 Å². The molecule has 7 fully saturated rings. The zero-order valence-electron chi connectivity index (χ0n) is 50.4. The molecular formula is C72H118O5. The highest BCUT2D eigenvalue weighted by molar-refractivity contribution is 5.44. The zero-order valence-corrected chi connectivity index (χ0v) is 50.4. The van der Waals surface area contributed by atoms with Crippen LogP contribution in [0.3, 0.4) is 0 Å². The van der Waals surface area contributed by atoms with E-state index in [0.29, 0.717) is 39.7 Å². The summed E-state index contributed by atoms with van der Waals surface area (Å²) < 4.78 is 0. The van der Waals surface area contributed by atoms with Crippen molar-refractivity contribution in [3.63, 3.8) is 0 Å². The summed E-state index contributed by atoms with van der Waals surface area (Å²) >= 11 is 0. The van der Waals surface area contributed by atoms with Gasteiger partial charge in [-0.15, -0.1) is 0 Å². The topological polar surface area (TPSA) is 101 Å². The van der Waals surface area contributed by atoms with Gasteiger partial charge in [0, 0.05) is 8.27 Å². The van der Waals surface area contributed by atoms with Gasteiger partial charge in [0.25, 0.3) is 0 Å². The van der Waals surface area contributed by atoms with Crippen molar-refractivity contribution in [2.24, 2.45) is 74.4 Å². The molecule has 0 aromatic heterocycles. The Morgan fingerprint density at radius 2 is 1.21 bits per heavy atom. The summed E-state index contributed by atoms with van der Waals surface area (Å²) in [5.41, 5.74) is 11.3. The van der Waals surface area contributed by atoms with Gasteiger partial charge in [0.15, 0.2) is 0 Å². The Balaban J connectivity index is 0.000000156. The van der Waals surface area contributed by atoms with Gasteiger partial charge in [-0.25, -0.2) is 0 Å². The number of hydrogen-bond donors (Lipinski definition) is 5. The Bertz CT molecular complexity index is 2260. The normalized spacial score (nSPS) is 43.2. The van der Waals surface area contributed by atoms with Gasteiger partial charge < -0.3 is 25.5 Å². The van der Waals surface area contributed by atoms with Crippen LogP contribution < -0.4 is 0 Å². The molecule has 7 unspecified atom stereocenters. The van der Waals surface area contributed by atoms with Crippen LogP contribution in [0, 0.1) is 74.4 Å². The summed E-state index contributed by atoms with van der Waals surface area (Å²) in [4.78, 5) is 0. The van der Waals surface area contributed by atoms with Crippen LogP contribution in [0.4, 0.5) is 0 Å². The molecule has 0 bridgehead atoms. The summed E-state index contributed by atoms with van der Waals surface area (Å²) in [6.07, 6.45) is 49.4. The first-order valence-corrected chi connectivity index (χ1v) is 33.6. The van der Waals surface area contributed by atoms with E-state index in [2.05, 4.69) is 66.7 Å². The molecule has 1 aromatic rings. The average molecular weight is 1070 g/mol. The molecule has 0 heterocycles. The first-order valence-electron chi connectivity index (χ1n) is 33.6. The van der Waals surface area contributed by atoms with Crippen LogP contribution in [0.5, 0.6) is 5.75 Å². The molecule has 7 saturated carbocycles. The maximum Gasteiger partial charge on any atom is 0.115 e. The van der Waals surface area contributed by atoms with Gasteiger partial charge in [0.05, 0.1) is 24.4 Å². The average Bonchev–Trinajstić information content (AvgIpc) is 4.25. The highest BCUT2D eigenvalue weighted by atomic mass is 16.3. The molecule has 11 aliphatic rings. The zero-order chi connectivity index (χ0) is 54.3. The van der Waals surface area contributed by atoms with Crippen molar-refractivity contribution >= 4 is 0 Å². The third-order valence-electron chi connectivity index (χ3n) is 26.4. The van der Waals surface area contributed by atoms with Gasteiger partial charge >= 0.3 is 0 Å². The fraction of sp³-hybridized carbons (Fsp3) is 0.833. The number of unbranched alkanes of at least 4 members (excludes halogenated alkanes) is 10. The van der Waals surface area contributed by atoms with Gasteiger partial charge in [-0.1, -0.05) is 166 Å². The SMILES string of the molecule is CCCCCCCC[C@H]1CCC2C3=C(CC[C@@]21C)[C@@]1(C)CC[C@H](O)CC1=CC3.CCCCCCCC[C@H]1CCC2C3CC=C4C[C@@H](O)CC[C@]4(C)C3CC[C@@]21C.C[C@]12CCC3c4ccc(O)cc4CCC3C1C[C@@H](O)[C@@H]2O.[2HH].[2HH]. The number of aliphatic hydroxyl groups excluding tert-OH is 4. The van der Waals surface area contributed by atoms with Crippen molar-refractivity contribution in [2.75, 3.05) is 0 Å². The molecule has 11 aliphatic carbocycles. The van der Waals surface area contributed by atoms with Gasteiger partial charge in [-0.3, -0.25) is 0 Å². The molecule has 0 aliphatic heterocycles. The molecule has 0 saturated heterocycles. The highest BCUT2D eigenvalue weighted by Crippen LogP contribution is 2.68. The van der Waals surface area contributed by atoms with Crippen molar-refractivity contribution in [3.8, 4) is 5.75 Å². The first kappa shape index (κ1) is 58.3. The van der Waals surface area contributed by atoms with Crippen molar-refractivity contribution in [2.45, 2.75) is 304 Å². The van der Waals surface area contributed by atoms with E-state index < -0.39 is 12.2 Å².